The minimum atomic E-state index is -0.650. The fraction of sp³-hybridized carbons (Fsp3) is 0.281. The third kappa shape index (κ3) is 6.51. The molecule has 0 aliphatic rings. The van der Waals surface area contributed by atoms with Gasteiger partial charge in [0.15, 0.2) is 0 Å². The number of halogens is 1. The molecule has 0 spiro atoms. The number of nitriles is 2. The second-order valence-electron chi connectivity index (χ2n) is 10.3. The van der Waals surface area contributed by atoms with Crippen molar-refractivity contribution < 1.29 is 0 Å². The van der Waals surface area contributed by atoms with E-state index in [0.29, 0.717) is 5.56 Å². The van der Waals surface area contributed by atoms with Crippen molar-refractivity contribution in [3.63, 3.8) is 0 Å². The SMILES string of the molecule is C[C@H](NC(c1ccc(-n2cccn2)cc1)C(C)(C)C#N)[C@@H](Cc1ccc(CI)cc1)c1cccc(C#N)c1. The summed E-state index contributed by atoms with van der Waals surface area (Å²) in [4.78, 5) is 0. The number of alkyl halides is 1. The van der Waals surface area contributed by atoms with Crippen LogP contribution in [-0.2, 0) is 10.8 Å². The number of rotatable bonds is 10. The molecule has 3 atom stereocenters. The van der Waals surface area contributed by atoms with Gasteiger partial charge in [-0.1, -0.05) is 71.1 Å². The number of hydrogen-bond donors (Lipinski definition) is 1. The van der Waals surface area contributed by atoms with E-state index in [1.54, 1.807) is 6.20 Å². The zero-order valence-electron chi connectivity index (χ0n) is 22.0. The molecular weight excluding hydrogens is 581 g/mol. The molecule has 1 N–H and O–H groups in total. The van der Waals surface area contributed by atoms with E-state index in [1.807, 2.05) is 61.1 Å². The summed E-state index contributed by atoms with van der Waals surface area (Å²) in [5, 5.41) is 27.8. The Morgan fingerprint density at radius 2 is 1.66 bits per heavy atom. The average molecular weight is 614 g/mol. The van der Waals surface area contributed by atoms with Gasteiger partial charge in [0.25, 0.3) is 0 Å². The van der Waals surface area contributed by atoms with E-state index in [0.717, 1.165) is 27.7 Å². The smallest absolute Gasteiger partial charge is 0.0991 e. The highest BCUT2D eigenvalue weighted by atomic mass is 127. The molecule has 0 fully saturated rings. The number of nitrogens with zero attached hydrogens (tertiary/aromatic N) is 4. The van der Waals surface area contributed by atoms with Gasteiger partial charge in [-0.3, -0.25) is 0 Å². The lowest BCUT2D eigenvalue weighted by Crippen LogP contribution is -2.42. The van der Waals surface area contributed by atoms with E-state index in [-0.39, 0.29) is 18.0 Å². The van der Waals surface area contributed by atoms with Gasteiger partial charge in [-0.2, -0.15) is 15.6 Å². The molecule has 0 bridgehead atoms. The van der Waals surface area contributed by atoms with Crippen molar-refractivity contribution in [1.82, 2.24) is 15.1 Å². The van der Waals surface area contributed by atoms with Gasteiger partial charge in [-0.05, 0) is 79.8 Å². The van der Waals surface area contributed by atoms with Gasteiger partial charge in [0.1, 0.15) is 0 Å². The third-order valence-electron chi connectivity index (χ3n) is 7.12. The molecule has 0 saturated carbocycles. The Morgan fingerprint density at radius 1 is 0.947 bits per heavy atom. The van der Waals surface area contributed by atoms with Gasteiger partial charge in [0.05, 0.1) is 34.8 Å². The standard InChI is InChI=1S/C32H32IN5/c1-23(30(28-7-4-6-26(18-28)21-34)19-24-8-10-25(20-33)11-9-24)37-31(32(2,3)22-35)27-12-14-29(15-13-27)38-17-5-16-36-38/h4-18,23,30-31,37H,19-20H2,1-3H3/t23-,30+,31?/m0/s1. The fourth-order valence-corrected chi connectivity index (χ4v) is 5.35. The van der Waals surface area contributed by atoms with Crippen LogP contribution < -0.4 is 5.32 Å². The molecule has 4 aromatic rings. The highest BCUT2D eigenvalue weighted by Gasteiger charge is 2.34. The van der Waals surface area contributed by atoms with Crippen LogP contribution in [0.1, 0.15) is 60.5 Å². The largest absolute Gasteiger partial charge is 0.305 e. The van der Waals surface area contributed by atoms with Crippen LogP contribution in [0.4, 0.5) is 0 Å². The predicted molar refractivity (Wildman–Crippen MR) is 160 cm³/mol. The molecule has 6 heteroatoms. The monoisotopic (exact) mass is 613 g/mol. The predicted octanol–water partition coefficient (Wildman–Crippen LogP) is 7.27. The Morgan fingerprint density at radius 3 is 2.26 bits per heavy atom. The first kappa shape index (κ1) is 27.6. The summed E-state index contributed by atoms with van der Waals surface area (Å²) in [5.74, 6) is 0.106. The second kappa shape index (κ2) is 12.4. The van der Waals surface area contributed by atoms with Crippen molar-refractivity contribution in [3.8, 4) is 17.8 Å². The highest BCUT2D eigenvalue weighted by Crippen LogP contribution is 2.36. The fourth-order valence-electron chi connectivity index (χ4n) is 4.85. The van der Waals surface area contributed by atoms with E-state index in [2.05, 4.69) is 94.5 Å². The molecule has 192 valence electrons. The van der Waals surface area contributed by atoms with Crippen LogP contribution in [0, 0.1) is 28.1 Å². The van der Waals surface area contributed by atoms with Crippen molar-refractivity contribution in [2.24, 2.45) is 5.41 Å². The van der Waals surface area contributed by atoms with Gasteiger partial charge >= 0.3 is 0 Å². The minimum Gasteiger partial charge on any atom is -0.305 e. The van der Waals surface area contributed by atoms with Crippen LogP contribution in [0.15, 0.2) is 91.3 Å². The number of hydrogen-bond acceptors (Lipinski definition) is 4. The summed E-state index contributed by atoms with van der Waals surface area (Å²) in [5.41, 5.74) is 5.70. The average Bonchev–Trinajstić information content (AvgIpc) is 3.50. The number of aromatic nitrogens is 2. The van der Waals surface area contributed by atoms with Crippen molar-refractivity contribution in [1.29, 1.82) is 10.5 Å². The first-order chi connectivity index (χ1) is 18.3. The Labute approximate surface area is 239 Å². The molecule has 4 rings (SSSR count). The van der Waals surface area contributed by atoms with Gasteiger partial charge in [0, 0.05) is 28.8 Å². The van der Waals surface area contributed by atoms with Gasteiger partial charge in [0.2, 0.25) is 0 Å². The van der Waals surface area contributed by atoms with Crippen molar-refractivity contribution in [2.45, 2.75) is 49.6 Å². The zero-order chi connectivity index (χ0) is 27.1. The van der Waals surface area contributed by atoms with E-state index in [4.69, 9.17) is 0 Å². The number of nitrogens with one attached hydrogen (secondary N) is 1. The summed E-state index contributed by atoms with van der Waals surface area (Å²) in [7, 11) is 0. The molecule has 38 heavy (non-hydrogen) atoms. The molecule has 1 heterocycles. The quantitative estimate of drug-likeness (QED) is 0.151. The van der Waals surface area contributed by atoms with Gasteiger partial charge in [-0.15, -0.1) is 0 Å². The van der Waals surface area contributed by atoms with Gasteiger partial charge < -0.3 is 5.32 Å². The van der Waals surface area contributed by atoms with Gasteiger partial charge in [-0.25, -0.2) is 4.68 Å². The van der Waals surface area contributed by atoms with Crippen molar-refractivity contribution in [3.05, 3.63) is 119 Å². The maximum atomic E-state index is 10.1. The topological polar surface area (TPSA) is 77.4 Å². The molecule has 0 radical (unpaired) electrons. The molecule has 0 saturated heterocycles. The molecule has 1 aromatic heterocycles. The summed E-state index contributed by atoms with van der Waals surface area (Å²) in [6.45, 7) is 6.14. The number of benzene rings is 3. The lowest BCUT2D eigenvalue weighted by Gasteiger charge is -2.36. The molecule has 0 amide bonds. The van der Waals surface area contributed by atoms with Crippen molar-refractivity contribution >= 4 is 22.6 Å². The van der Waals surface area contributed by atoms with Crippen LogP contribution in [0.3, 0.4) is 0 Å². The zero-order valence-corrected chi connectivity index (χ0v) is 24.1. The molecular formula is C32H32IN5. The van der Waals surface area contributed by atoms with Crippen LogP contribution in [0.2, 0.25) is 0 Å². The third-order valence-corrected chi connectivity index (χ3v) is 8.00. The summed E-state index contributed by atoms with van der Waals surface area (Å²) in [6.07, 6.45) is 4.50. The second-order valence-corrected chi connectivity index (χ2v) is 11.0. The maximum Gasteiger partial charge on any atom is 0.0991 e. The van der Waals surface area contributed by atoms with Crippen LogP contribution >= 0.6 is 22.6 Å². The molecule has 0 aliphatic heterocycles. The van der Waals surface area contributed by atoms with Crippen LogP contribution in [0.25, 0.3) is 5.69 Å². The highest BCUT2D eigenvalue weighted by molar-refractivity contribution is 14.1. The van der Waals surface area contributed by atoms with E-state index in [1.165, 1.54) is 11.1 Å². The first-order valence-electron chi connectivity index (χ1n) is 12.8. The normalized spacial score (nSPS) is 13.7. The summed E-state index contributed by atoms with van der Waals surface area (Å²) < 4.78 is 2.81. The Balaban J connectivity index is 1.66. The Hall–Kier alpha value is -3.46. The summed E-state index contributed by atoms with van der Waals surface area (Å²) in [6, 6.07) is 31.4. The molecule has 3 aromatic carbocycles. The molecule has 0 aliphatic carbocycles. The van der Waals surface area contributed by atoms with E-state index in [9.17, 15) is 10.5 Å². The Bertz CT molecular complexity index is 1410. The van der Waals surface area contributed by atoms with Crippen LogP contribution in [0.5, 0.6) is 0 Å². The lowest BCUT2D eigenvalue weighted by atomic mass is 9.79. The first-order valence-corrected chi connectivity index (χ1v) is 14.3. The van der Waals surface area contributed by atoms with E-state index >= 15 is 0 Å². The molecule has 1 unspecified atom stereocenters. The lowest BCUT2D eigenvalue weighted by molar-refractivity contribution is 0.281. The Kier molecular flexibility index (Phi) is 8.99. The van der Waals surface area contributed by atoms with Crippen LogP contribution in [-0.4, -0.2) is 15.8 Å². The minimum absolute atomic E-state index is 0.0246. The van der Waals surface area contributed by atoms with Crippen molar-refractivity contribution in [2.75, 3.05) is 0 Å². The van der Waals surface area contributed by atoms with E-state index < -0.39 is 5.41 Å². The molecule has 5 nitrogen and oxygen atoms in total. The summed E-state index contributed by atoms with van der Waals surface area (Å²) >= 11 is 2.38. The maximum absolute atomic E-state index is 10.1.